The molecular weight excluding hydrogens is 476 g/mol. The second-order valence-electron chi connectivity index (χ2n) is 10.4. The predicted octanol–water partition coefficient (Wildman–Crippen LogP) is 5.58. The lowest BCUT2D eigenvalue weighted by Gasteiger charge is -2.35. The van der Waals surface area contributed by atoms with Gasteiger partial charge in [-0.15, -0.1) is 0 Å². The number of benzene rings is 3. The Labute approximate surface area is 224 Å². The number of carbonyl (C=O) groups excluding carboxylic acids is 2. The molecule has 6 heteroatoms. The van der Waals surface area contributed by atoms with Crippen molar-refractivity contribution in [3.05, 3.63) is 107 Å². The molecule has 1 unspecified atom stereocenters. The maximum Gasteiger partial charge on any atom is 0.326 e. The van der Waals surface area contributed by atoms with E-state index in [4.69, 9.17) is 0 Å². The number of hydrogen-bond donors (Lipinski definition) is 1. The van der Waals surface area contributed by atoms with Gasteiger partial charge in [0, 0.05) is 24.7 Å². The fourth-order valence-electron chi connectivity index (χ4n) is 5.10. The Hall–Kier alpha value is -3.93. The summed E-state index contributed by atoms with van der Waals surface area (Å²) in [6.45, 7) is 7.16. The molecule has 1 aliphatic rings. The first-order valence-corrected chi connectivity index (χ1v) is 13.3. The van der Waals surface area contributed by atoms with E-state index < -0.39 is 17.9 Å². The van der Waals surface area contributed by atoms with Crippen molar-refractivity contribution in [3.63, 3.8) is 0 Å². The molecule has 0 bridgehead atoms. The molecule has 2 amide bonds. The average molecular weight is 513 g/mol. The Morgan fingerprint density at radius 1 is 0.868 bits per heavy atom. The van der Waals surface area contributed by atoms with Gasteiger partial charge in [0.05, 0.1) is 5.92 Å². The number of rotatable bonds is 9. The Bertz CT molecular complexity index is 1200. The minimum atomic E-state index is -0.962. The van der Waals surface area contributed by atoms with Crippen LogP contribution < -0.4 is 0 Å². The van der Waals surface area contributed by atoms with Crippen LogP contribution in [0.25, 0.3) is 0 Å². The summed E-state index contributed by atoms with van der Waals surface area (Å²) in [6, 6.07) is 26.2. The highest BCUT2D eigenvalue weighted by atomic mass is 16.4. The van der Waals surface area contributed by atoms with Gasteiger partial charge in [0.15, 0.2) is 0 Å². The average Bonchev–Trinajstić information content (AvgIpc) is 3.43. The zero-order valence-electron chi connectivity index (χ0n) is 22.3. The predicted molar refractivity (Wildman–Crippen MR) is 148 cm³/mol. The van der Waals surface area contributed by atoms with Gasteiger partial charge in [0.2, 0.25) is 5.91 Å². The molecule has 0 spiro atoms. The van der Waals surface area contributed by atoms with Gasteiger partial charge < -0.3 is 14.9 Å². The second-order valence-corrected chi connectivity index (χ2v) is 10.4. The minimum absolute atomic E-state index is 0.0142. The van der Waals surface area contributed by atoms with Gasteiger partial charge in [0.25, 0.3) is 5.91 Å². The number of amides is 2. The molecule has 198 valence electrons. The molecular formula is C32H36N2O4. The zero-order chi connectivity index (χ0) is 27.2. The van der Waals surface area contributed by atoms with Crippen LogP contribution >= 0.6 is 0 Å². The van der Waals surface area contributed by atoms with Gasteiger partial charge in [-0.2, -0.15) is 0 Å². The summed E-state index contributed by atoms with van der Waals surface area (Å²) in [7, 11) is 0. The largest absolute Gasteiger partial charge is 0.480 e. The van der Waals surface area contributed by atoms with E-state index in [9.17, 15) is 19.5 Å². The van der Waals surface area contributed by atoms with Crippen molar-refractivity contribution in [2.24, 2.45) is 5.92 Å². The van der Waals surface area contributed by atoms with Crippen molar-refractivity contribution in [1.29, 1.82) is 0 Å². The van der Waals surface area contributed by atoms with Crippen LogP contribution in [0.5, 0.6) is 0 Å². The second kappa shape index (κ2) is 12.1. The molecule has 1 saturated heterocycles. The highest BCUT2D eigenvalue weighted by molar-refractivity contribution is 5.97. The monoisotopic (exact) mass is 512 g/mol. The van der Waals surface area contributed by atoms with E-state index in [1.807, 2.05) is 77.7 Å². The molecule has 2 atom stereocenters. The zero-order valence-corrected chi connectivity index (χ0v) is 22.3. The molecule has 4 rings (SSSR count). The van der Waals surface area contributed by atoms with E-state index >= 15 is 0 Å². The van der Waals surface area contributed by atoms with E-state index in [1.165, 1.54) is 4.90 Å². The van der Waals surface area contributed by atoms with Gasteiger partial charge in [-0.3, -0.25) is 9.59 Å². The molecule has 1 aliphatic heterocycles. The maximum atomic E-state index is 14.3. The van der Waals surface area contributed by atoms with Crippen LogP contribution in [0.15, 0.2) is 84.9 Å². The van der Waals surface area contributed by atoms with Gasteiger partial charge in [-0.25, -0.2) is 4.79 Å². The molecule has 0 radical (unpaired) electrons. The maximum absolute atomic E-state index is 14.3. The minimum Gasteiger partial charge on any atom is -0.480 e. The fourth-order valence-corrected chi connectivity index (χ4v) is 5.10. The summed E-state index contributed by atoms with van der Waals surface area (Å²) in [5.41, 5.74) is 3.27. The first-order chi connectivity index (χ1) is 18.3. The summed E-state index contributed by atoms with van der Waals surface area (Å²) in [6.07, 6.45) is 1.17. The standard InChI is InChI=1S/C32H36N2O4/c1-22(2)23(3)34(31(36)29(25-11-6-4-7-12-25)26-13-8-5-9-14-26)21-24-16-18-27(19-17-24)30(35)33-20-10-15-28(33)32(37)38/h4-9,11-14,16-19,22-23,28-29H,10,15,20-21H2,1-3H3,(H,37,38)/t23?,28-/m1/s1. The van der Waals surface area contributed by atoms with Crippen LogP contribution in [-0.4, -0.2) is 51.3 Å². The third-order valence-corrected chi connectivity index (χ3v) is 7.60. The number of carboxylic acids is 1. The Kier molecular flexibility index (Phi) is 8.62. The van der Waals surface area contributed by atoms with Gasteiger partial charge in [-0.1, -0.05) is 86.6 Å². The van der Waals surface area contributed by atoms with Gasteiger partial charge in [0.1, 0.15) is 6.04 Å². The molecule has 1 heterocycles. The molecule has 0 aromatic heterocycles. The lowest BCUT2D eigenvalue weighted by molar-refractivity contribution is -0.141. The molecule has 6 nitrogen and oxygen atoms in total. The SMILES string of the molecule is CC(C)C(C)N(Cc1ccc(C(=O)N2CCC[C@@H]2C(=O)O)cc1)C(=O)C(c1ccccc1)c1ccccc1. The van der Waals surface area contributed by atoms with Crippen molar-refractivity contribution < 1.29 is 19.5 Å². The van der Waals surface area contributed by atoms with E-state index in [1.54, 1.807) is 12.1 Å². The van der Waals surface area contributed by atoms with E-state index in [0.29, 0.717) is 31.5 Å². The third-order valence-electron chi connectivity index (χ3n) is 7.60. The lowest BCUT2D eigenvalue weighted by atomic mass is 9.88. The number of likely N-dealkylation sites (tertiary alicyclic amines) is 1. The van der Waals surface area contributed by atoms with Crippen molar-refractivity contribution in [1.82, 2.24) is 9.80 Å². The molecule has 1 N–H and O–H groups in total. The number of carboxylic acid groups (broad SMARTS) is 1. The quantitative estimate of drug-likeness (QED) is 0.406. The fraction of sp³-hybridized carbons (Fsp3) is 0.344. The molecule has 0 aliphatic carbocycles. The highest BCUT2D eigenvalue weighted by Crippen LogP contribution is 2.30. The summed E-state index contributed by atoms with van der Waals surface area (Å²) >= 11 is 0. The Balaban J connectivity index is 1.60. The summed E-state index contributed by atoms with van der Waals surface area (Å²) in [4.78, 5) is 42.2. The first kappa shape index (κ1) is 27.1. The third kappa shape index (κ3) is 5.96. The van der Waals surface area contributed by atoms with Crippen LogP contribution in [-0.2, 0) is 16.1 Å². The van der Waals surface area contributed by atoms with Crippen LogP contribution in [0.4, 0.5) is 0 Å². The van der Waals surface area contributed by atoms with Crippen molar-refractivity contribution >= 4 is 17.8 Å². The summed E-state index contributed by atoms with van der Waals surface area (Å²) in [5, 5.41) is 9.45. The highest BCUT2D eigenvalue weighted by Gasteiger charge is 2.35. The molecule has 3 aromatic carbocycles. The summed E-state index contributed by atoms with van der Waals surface area (Å²) in [5.74, 6) is -1.38. The number of carbonyl (C=O) groups is 3. The first-order valence-electron chi connectivity index (χ1n) is 13.3. The topological polar surface area (TPSA) is 77.9 Å². The molecule has 38 heavy (non-hydrogen) atoms. The number of aliphatic carboxylic acids is 1. The van der Waals surface area contributed by atoms with E-state index in [-0.39, 0.29) is 23.8 Å². The smallest absolute Gasteiger partial charge is 0.326 e. The Morgan fingerprint density at radius 3 is 1.92 bits per heavy atom. The van der Waals surface area contributed by atoms with Crippen molar-refractivity contribution in [2.45, 2.75) is 58.2 Å². The molecule has 3 aromatic rings. The van der Waals surface area contributed by atoms with Crippen LogP contribution in [0, 0.1) is 5.92 Å². The van der Waals surface area contributed by atoms with Crippen molar-refractivity contribution in [3.8, 4) is 0 Å². The lowest BCUT2D eigenvalue weighted by Crippen LogP contribution is -2.43. The van der Waals surface area contributed by atoms with Crippen LogP contribution in [0.2, 0.25) is 0 Å². The van der Waals surface area contributed by atoms with E-state index in [0.717, 1.165) is 16.7 Å². The van der Waals surface area contributed by atoms with E-state index in [2.05, 4.69) is 20.8 Å². The Morgan fingerprint density at radius 2 is 1.42 bits per heavy atom. The molecule has 1 fully saturated rings. The molecule has 0 saturated carbocycles. The van der Waals surface area contributed by atoms with Crippen LogP contribution in [0.3, 0.4) is 0 Å². The van der Waals surface area contributed by atoms with Crippen LogP contribution in [0.1, 0.15) is 66.6 Å². The van der Waals surface area contributed by atoms with Crippen molar-refractivity contribution in [2.75, 3.05) is 6.54 Å². The number of hydrogen-bond acceptors (Lipinski definition) is 3. The van der Waals surface area contributed by atoms with Gasteiger partial charge in [-0.05, 0) is 54.5 Å². The summed E-state index contributed by atoms with van der Waals surface area (Å²) < 4.78 is 0. The number of nitrogens with zero attached hydrogens (tertiary/aromatic N) is 2. The normalized spacial score (nSPS) is 16.0. The van der Waals surface area contributed by atoms with Gasteiger partial charge >= 0.3 is 5.97 Å².